The third-order valence-electron chi connectivity index (χ3n) is 10.7. The molecule has 3 aliphatic rings. The maximum atomic E-state index is 2.59. The highest BCUT2D eigenvalue weighted by Gasteiger charge is 2.48. The fourth-order valence-corrected chi connectivity index (χ4v) is 10.1. The molecule has 12 rings (SSSR count). The largest absolute Gasteiger partial charge is 0.311 e. The number of hydrogen-bond donors (Lipinski definition) is 0. The van der Waals surface area contributed by atoms with E-state index in [0.717, 1.165) is 0 Å². The van der Waals surface area contributed by atoms with E-state index in [1.807, 2.05) is 11.3 Å². The molecule has 0 aliphatic carbocycles. The van der Waals surface area contributed by atoms with Gasteiger partial charge in [0, 0.05) is 70.8 Å². The van der Waals surface area contributed by atoms with Crippen LogP contribution in [0.2, 0.25) is 0 Å². The van der Waals surface area contributed by atoms with Crippen molar-refractivity contribution in [3.63, 3.8) is 0 Å². The Bertz CT molecular complexity index is 2800. The minimum atomic E-state index is 0.129. The van der Waals surface area contributed by atoms with Crippen LogP contribution < -0.4 is 26.2 Å². The van der Waals surface area contributed by atoms with Crippen LogP contribution in [0.1, 0.15) is 0 Å². The number of rotatable bonds is 2. The predicted octanol–water partition coefficient (Wildman–Crippen LogP) is 9.55. The maximum Gasteiger partial charge on any atom is 0.257 e. The molecule has 0 unspecified atom stereocenters. The zero-order valence-corrected chi connectivity index (χ0v) is 26.0. The summed E-state index contributed by atoms with van der Waals surface area (Å²) in [5.74, 6) is 0. The van der Waals surface area contributed by atoms with Crippen LogP contribution in [-0.2, 0) is 0 Å². The van der Waals surface area contributed by atoms with E-state index in [1.54, 1.807) is 0 Å². The zero-order chi connectivity index (χ0) is 30.4. The molecule has 0 spiro atoms. The molecule has 9 aromatic rings. The normalized spacial score (nSPS) is 13.8. The number of para-hydroxylation sites is 2. The van der Waals surface area contributed by atoms with E-state index in [-0.39, 0.29) is 6.71 Å². The van der Waals surface area contributed by atoms with Gasteiger partial charge in [-0.15, -0.1) is 11.3 Å². The predicted molar refractivity (Wildman–Crippen MR) is 201 cm³/mol. The number of nitrogens with zero attached hydrogens (tertiary/aromatic N) is 3. The highest BCUT2D eigenvalue weighted by molar-refractivity contribution is 7.25. The molecular formula is C42H24BN3S. The fourth-order valence-electron chi connectivity index (χ4n) is 8.92. The Labute approximate surface area is 275 Å². The Morgan fingerprint density at radius 1 is 0.404 bits per heavy atom. The molecule has 7 aromatic carbocycles. The molecular weight excluding hydrogens is 589 g/mol. The van der Waals surface area contributed by atoms with Crippen molar-refractivity contribution in [1.29, 1.82) is 0 Å². The lowest BCUT2D eigenvalue weighted by Gasteiger charge is -2.46. The second kappa shape index (κ2) is 8.52. The first kappa shape index (κ1) is 24.5. The van der Waals surface area contributed by atoms with Crippen LogP contribution in [0.5, 0.6) is 0 Å². The van der Waals surface area contributed by atoms with Gasteiger partial charge in [0.25, 0.3) is 6.71 Å². The molecule has 2 aromatic heterocycles. The summed E-state index contributed by atoms with van der Waals surface area (Å²) in [6.07, 6.45) is 0. The number of thiophene rings is 1. The van der Waals surface area contributed by atoms with Gasteiger partial charge in [0.2, 0.25) is 0 Å². The summed E-state index contributed by atoms with van der Waals surface area (Å²) < 4.78 is 5.28. The third kappa shape index (κ3) is 2.91. The van der Waals surface area contributed by atoms with Crippen LogP contribution in [0, 0.1) is 0 Å². The molecule has 0 bridgehead atoms. The van der Waals surface area contributed by atoms with Gasteiger partial charge in [-0.05, 0) is 89.2 Å². The average molecular weight is 614 g/mol. The van der Waals surface area contributed by atoms with Gasteiger partial charge in [0.1, 0.15) is 0 Å². The molecule has 5 heterocycles. The van der Waals surface area contributed by atoms with Gasteiger partial charge in [0.05, 0.1) is 11.0 Å². The molecule has 3 nitrogen and oxygen atoms in total. The smallest absolute Gasteiger partial charge is 0.257 e. The van der Waals surface area contributed by atoms with E-state index in [9.17, 15) is 0 Å². The van der Waals surface area contributed by atoms with E-state index in [0.29, 0.717) is 0 Å². The summed E-state index contributed by atoms with van der Waals surface area (Å²) in [6, 6.07) is 54.1. The van der Waals surface area contributed by atoms with E-state index >= 15 is 0 Å². The van der Waals surface area contributed by atoms with Gasteiger partial charge in [-0.2, -0.15) is 0 Å². The maximum absolute atomic E-state index is 2.59. The van der Waals surface area contributed by atoms with Gasteiger partial charge in [0.15, 0.2) is 0 Å². The second-order valence-electron chi connectivity index (χ2n) is 12.9. The Balaban J connectivity index is 1.30. The molecule has 0 amide bonds. The van der Waals surface area contributed by atoms with E-state index in [1.165, 1.54) is 98.2 Å². The molecule has 0 atom stereocenters. The molecule has 0 radical (unpaired) electrons. The lowest BCUT2D eigenvalue weighted by molar-refractivity contribution is 1.17. The van der Waals surface area contributed by atoms with E-state index in [4.69, 9.17) is 0 Å². The van der Waals surface area contributed by atoms with Crippen LogP contribution in [0.25, 0.3) is 47.7 Å². The highest BCUT2D eigenvalue weighted by atomic mass is 32.1. The van der Waals surface area contributed by atoms with Crippen LogP contribution in [-0.4, -0.2) is 11.3 Å². The second-order valence-corrected chi connectivity index (χ2v) is 14.0. The summed E-state index contributed by atoms with van der Waals surface area (Å²) in [7, 11) is 0. The molecule has 47 heavy (non-hydrogen) atoms. The molecule has 0 saturated carbocycles. The summed E-state index contributed by atoms with van der Waals surface area (Å²) >= 11 is 1.90. The van der Waals surface area contributed by atoms with Gasteiger partial charge >= 0.3 is 0 Å². The lowest BCUT2D eigenvalue weighted by Crippen LogP contribution is -2.64. The van der Waals surface area contributed by atoms with Crippen molar-refractivity contribution >= 4 is 111 Å². The molecule has 216 valence electrons. The van der Waals surface area contributed by atoms with E-state index in [2.05, 4.69) is 160 Å². The van der Waals surface area contributed by atoms with Crippen molar-refractivity contribution in [2.45, 2.75) is 0 Å². The van der Waals surface area contributed by atoms with Crippen molar-refractivity contribution in [3.8, 4) is 5.69 Å². The molecule has 0 N–H and O–H groups in total. The SMILES string of the molecule is c1ccc(N2c3cccc4c3B3c5c2cccc5-n2c5cc6c(cc5c5ccc(c3c52)N4c2ccccc2)sc2ccccc26)cc1. The first-order valence-corrected chi connectivity index (χ1v) is 17.1. The Hall–Kier alpha value is -5.78. The van der Waals surface area contributed by atoms with Gasteiger partial charge in [-0.3, -0.25) is 0 Å². The minimum absolute atomic E-state index is 0.129. The van der Waals surface area contributed by atoms with Crippen molar-refractivity contribution in [2.75, 3.05) is 9.80 Å². The highest BCUT2D eigenvalue weighted by Crippen LogP contribution is 2.49. The quantitative estimate of drug-likeness (QED) is 0.180. The van der Waals surface area contributed by atoms with Crippen molar-refractivity contribution in [1.82, 2.24) is 4.57 Å². The molecule has 0 saturated heterocycles. The summed E-state index contributed by atoms with van der Waals surface area (Å²) in [6.45, 7) is 0.129. The lowest BCUT2D eigenvalue weighted by atomic mass is 9.32. The third-order valence-corrected chi connectivity index (χ3v) is 11.8. The van der Waals surface area contributed by atoms with Crippen molar-refractivity contribution in [2.24, 2.45) is 0 Å². The number of anilines is 6. The summed E-state index contributed by atoms with van der Waals surface area (Å²) in [5, 5.41) is 5.32. The standard InChI is InChI=1S/C42H24BN3S/c1-3-11-25(12-4-1)44-31-16-9-17-32-39(31)43-40-33(44)18-10-19-34(40)46-36-23-30-27-15-7-8-20-37(27)47-38(30)24-29(36)28-21-22-35(41(43)42(28)46)45(32)26-13-5-2-6-14-26/h1-24H. The fraction of sp³-hybridized carbons (Fsp3) is 0. The number of aromatic nitrogens is 1. The summed E-state index contributed by atoms with van der Waals surface area (Å²) in [4.78, 5) is 4.99. The minimum Gasteiger partial charge on any atom is -0.311 e. The van der Waals surface area contributed by atoms with Gasteiger partial charge in [-0.1, -0.05) is 72.8 Å². The zero-order valence-electron chi connectivity index (χ0n) is 25.2. The van der Waals surface area contributed by atoms with Crippen LogP contribution in [0.3, 0.4) is 0 Å². The Morgan fingerprint density at radius 2 is 1.00 bits per heavy atom. The first-order chi connectivity index (χ1) is 23.3. The van der Waals surface area contributed by atoms with Crippen LogP contribution in [0.4, 0.5) is 34.1 Å². The van der Waals surface area contributed by atoms with Crippen molar-refractivity contribution < 1.29 is 0 Å². The summed E-state index contributed by atoms with van der Waals surface area (Å²) in [5.41, 5.74) is 15.5. The van der Waals surface area contributed by atoms with E-state index < -0.39 is 0 Å². The Kier molecular flexibility index (Phi) is 4.43. The first-order valence-electron chi connectivity index (χ1n) is 16.2. The number of hydrogen-bond acceptors (Lipinski definition) is 3. The Morgan fingerprint density at radius 3 is 1.70 bits per heavy atom. The van der Waals surface area contributed by atoms with Gasteiger partial charge < -0.3 is 14.4 Å². The van der Waals surface area contributed by atoms with Gasteiger partial charge in [-0.25, -0.2) is 0 Å². The molecule has 5 heteroatoms. The molecule has 3 aliphatic heterocycles. The molecule has 0 fully saturated rings. The monoisotopic (exact) mass is 613 g/mol. The van der Waals surface area contributed by atoms with Crippen LogP contribution in [0.15, 0.2) is 146 Å². The van der Waals surface area contributed by atoms with Crippen molar-refractivity contribution in [3.05, 3.63) is 146 Å². The number of benzene rings is 7. The average Bonchev–Trinajstić information content (AvgIpc) is 3.66. The number of fused-ring (bicyclic) bond motifs is 7. The topological polar surface area (TPSA) is 11.4 Å². The van der Waals surface area contributed by atoms with Crippen LogP contribution >= 0.6 is 11.3 Å².